The Hall–Kier alpha value is -1.93. The highest BCUT2D eigenvalue weighted by Crippen LogP contribution is 2.26. The molecule has 0 atom stereocenters. The topological polar surface area (TPSA) is 81.2 Å². The molecule has 1 aromatic heterocycles. The van der Waals surface area contributed by atoms with Crippen LogP contribution in [0.1, 0.15) is 45.2 Å². The van der Waals surface area contributed by atoms with E-state index in [1.54, 1.807) is 6.92 Å². The molecule has 0 aliphatic heterocycles. The van der Waals surface area contributed by atoms with Gasteiger partial charge in [0.05, 0.1) is 12.4 Å². The van der Waals surface area contributed by atoms with Crippen LogP contribution in [0.15, 0.2) is 28.6 Å². The monoisotopic (exact) mass is 407 g/mol. The first-order valence-electron chi connectivity index (χ1n) is 8.79. The van der Waals surface area contributed by atoms with Crippen molar-refractivity contribution in [3.05, 3.63) is 35.4 Å². The molecule has 1 aromatic carbocycles. The third-order valence-electron chi connectivity index (χ3n) is 3.73. The van der Waals surface area contributed by atoms with E-state index in [0.29, 0.717) is 28.9 Å². The summed E-state index contributed by atoms with van der Waals surface area (Å²) in [7, 11) is 0. The zero-order chi connectivity index (χ0) is 19.9. The van der Waals surface area contributed by atoms with Gasteiger partial charge in [-0.25, -0.2) is 0 Å². The average molecular weight is 408 g/mol. The molecule has 0 saturated carbocycles. The number of carbonyl (C=O) groups excluding carboxylic acids is 2. The van der Waals surface area contributed by atoms with Crippen LogP contribution in [0.4, 0.5) is 5.13 Å². The van der Waals surface area contributed by atoms with E-state index >= 15 is 0 Å². The Balaban J connectivity index is 1.78. The van der Waals surface area contributed by atoms with Crippen LogP contribution in [0.3, 0.4) is 0 Å². The maximum atomic E-state index is 12.1. The maximum Gasteiger partial charge on any atom is 0.316 e. The van der Waals surface area contributed by atoms with E-state index < -0.39 is 0 Å². The number of anilines is 1. The molecule has 1 N–H and O–H groups in total. The summed E-state index contributed by atoms with van der Waals surface area (Å²) >= 11 is 2.50. The van der Waals surface area contributed by atoms with Crippen molar-refractivity contribution >= 4 is 40.1 Å². The minimum atomic E-state index is -0.291. The standard InChI is InChI=1S/C19H25N3O3S2/c1-5-25-16(24)12-26-18-22-21-17(27-18)20-15(23)11-8-13-6-9-14(10-7-13)19(2,3)4/h6-7,9-10H,5,8,11-12H2,1-4H3,(H,20,21,23). The molecule has 2 aromatic rings. The molecule has 0 spiro atoms. The Morgan fingerprint density at radius 2 is 1.89 bits per heavy atom. The van der Waals surface area contributed by atoms with Gasteiger partial charge in [-0.15, -0.1) is 10.2 Å². The molecular formula is C19H25N3O3S2. The number of rotatable bonds is 8. The lowest BCUT2D eigenvalue weighted by molar-refractivity contribution is -0.139. The van der Waals surface area contributed by atoms with Crippen LogP contribution in [-0.2, 0) is 26.2 Å². The minimum Gasteiger partial charge on any atom is -0.465 e. The van der Waals surface area contributed by atoms with Crippen LogP contribution in [0.2, 0.25) is 0 Å². The SMILES string of the molecule is CCOC(=O)CSc1nnc(NC(=O)CCc2ccc(C(C)(C)C)cc2)s1. The van der Waals surface area contributed by atoms with Crippen molar-refractivity contribution in [2.24, 2.45) is 0 Å². The minimum absolute atomic E-state index is 0.104. The number of aryl methyl sites for hydroxylation is 1. The fourth-order valence-corrected chi connectivity index (χ4v) is 3.82. The number of nitrogens with one attached hydrogen (secondary N) is 1. The van der Waals surface area contributed by atoms with Crippen molar-refractivity contribution < 1.29 is 14.3 Å². The predicted octanol–water partition coefficient (Wildman–Crippen LogP) is 4.06. The van der Waals surface area contributed by atoms with Crippen molar-refractivity contribution in [1.82, 2.24) is 10.2 Å². The Morgan fingerprint density at radius 1 is 1.19 bits per heavy atom. The second-order valence-electron chi connectivity index (χ2n) is 6.96. The van der Waals surface area contributed by atoms with Crippen molar-refractivity contribution in [2.75, 3.05) is 17.7 Å². The molecule has 6 nitrogen and oxygen atoms in total. The average Bonchev–Trinajstić information content (AvgIpc) is 3.05. The van der Waals surface area contributed by atoms with Gasteiger partial charge < -0.3 is 10.1 Å². The second-order valence-corrected chi connectivity index (χ2v) is 9.16. The third kappa shape index (κ3) is 7.30. The summed E-state index contributed by atoms with van der Waals surface area (Å²) in [6, 6.07) is 8.38. The summed E-state index contributed by atoms with van der Waals surface area (Å²) in [5, 5.41) is 11.1. The smallest absolute Gasteiger partial charge is 0.316 e. The Morgan fingerprint density at radius 3 is 2.52 bits per heavy atom. The van der Waals surface area contributed by atoms with Gasteiger partial charge in [-0.2, -0.15) is 0 Å². The summed E-state index contributed by atoms with van der Waals surface area (Å²) in [6.07, 6.45) is 1.04. The lowest BCUT2D eigenvalue weighted by Gasteiger charge is -2.19. The fourth-order valence-electron chi connectivity index (χ4n) is 2.25. The first kappa shape index (κ1) is 21.4. The quantitative estimate of drug-likeness (QED) is 0.404. The van der Waals surface area contributed by atoms with Crippen molar-refractivity contribution in [3.63, 3.8) is 0 Å². The number of carbonyl (C=O) groups is 2. The molecule has 8 heteroatoms. The molecule has 0 fully saturated rings. The van der Waals surface area contributed by atoms with Crippen LogP contribution in [-0.4, -0.2) is 34.4 Å². The van der Waals surface area contributed by atoms with Crippen LogP contribution in [0, 0.1) is 0 Å². The lowest BCUT2D eigenvalue weighted by atomic mass is 9.86. The summed E-state index contributed by atoms with van der Waals surface area (Å²) in [5.41, 5.74) is 2.52. The highest BCUT2D eigenvalue weighted by molar-refractivity contribution is 8.01. The molecular weight excluding hydrogens is 382 g/mol. The number of thioether (sulfide) groups is 1. The van der Waals surface area contributed by atoms with Crippen LogP contribution in [0.5, 0.6) is 0 Å². The van der Waals surface area contributed by atoms with Gasteiger partial charge in [0.1, 0.15) is 0 Å². The van der Waals surface area contributed by atoms with Crippen LogP contribution >= 0.6 is 23.1 Å². The van der Waals surface area contributed by atoms with Gasteiger partial charge in [0.2, 0.25) is 11.0 Å². The number of esters is 1. The van der Waals surface area contributed by atoms with Gasteiger partial charge in [-0.05, 0) is 29.9 Å². The van der Waals surface area contributed by atoms with Crippen LogP contribution in [0.25, 0.3) is 0 Å². The molecule has 1 heterocycles. The summed E-state index contributed by atoms with van der Waals surface area (Å²) in [4.78, 5) is 23.5. The third-order valence-corrected chi connectivity index (χ3v) is 5.68. The Bertz CT molecular complexity index is 767. The largest absolute Gasteiger partial charge is 0.465 e. The van der Waals surface area contributed by atoms with Gasteiger partial charge >= 0.3 is 5.97 Å². The van der Waals surface area contributed by atoms with Crippen LogP contribution < -0.4 is 5.32 Å². The molecule has 2 rings (SSSR count). The normalized spacial score (nSPS) is 11.3. The zero-order valence-corrected chi connectivity index (χ0v) is 17.7. The van der Waals surface area contributed by atoms with Gasteiger partial charge in [0.15, 0.2) is 4.34 Å². The summed E-state index contributed by atoms with van der Waals surface area (Å²) in [6.45, 7) is 8.65. The number of amides is 1. The molecule has 27 heavy (non-hydrogen) atoms. The molecule has 0 bridgehead atoms. The number of ether oxygens (including phenoxy) is 1. The molecule has 0 aliphatic rings. The van der Waals surface area contributed by atoms with Crippen molar-refractivity contribution in [3.8, 4) is 0 Å². The fraction of sp³-hybridized carbons (Fsp3) is 0.474. The zero-order valence-electron chi connectivity index (χ0n) is 16.1. The number of nitrogens with zero attached hydrogens (tertiary/aromatic N) is 2. The molecule has 0 aliphatic carbocycles. The Labute approximate surface area is 168 Å². The number of hydrogen-bond acceptors (Lipinski definition) is 7. The first-order valence-corrected chi connectivity index (χ1v) is 10.6. The number of benzene rings is 1. The molecule has 1 amide bonds. The van der Waals surface area contributed by atoms with E-state index in [-0.39, 0.29) is 23.0 Å². The van der Waals surface area contributed by atoms with E-state index in [1.807, 2.05) is 0 Å². The molecule has 146 valence electrons. The number of hydrogen-bond donors (Lipinski definition) is 1. The van der Waals surface area contributed by atoms with E-state index in [9.17, 15) is 9.59 Å². The van der Waals surface area contributed by atoms with Gasteiger partial charge in [-0.1, -0.05) is 68.1 Å². The van der Waals surface area contributed by atoms with Gasteiger partial charge in [0, 0.05) is 6.42 Å². The van der Waals surface area contributed by atoms with E-state index in [4.69, 9.17) is 4.74 Å². The predicted molar refractivity (Wildman–Crippen MR) is 109 cm³/mol. The first-order chi connectivity index (χ1) is 12.8. The number of aromatic nitrogens is 2. The molecule has 0 radical (unpaired) electrons. The highest BCUT2D eigenvalue weighted by atomic mass is 32.2. The van der Waals surface area contributed by atoms with E-state index in [1.165, 1.54) is 28.7 Å². The Kier molecular flexibility index (Phi) is 7.79. The molecule has 0 unspecified atom stereocenters. The summed E-state index contributed by atoms with van der Waals surface area (Å²) in [5.74, 6) is -0.213. The van der Waals surface area contributed by atoms with Gasteiger partial charge in [0.25, 0.3) is 0 Å². The summed E-state index contributed by atoms with van der Waals surface area (Å²) < 4.78 is 5.48. The lowest BCUT2D eigenvalue weighted by Crippen LogP contribution is -2.13. The highest BCUT2D eigenvalue weighted by Gasteiger charge is 2.14. The van der Waals surface area contributed by atoms with E-state index in [0.717, 1.165) is 5.56 Å². The second kappa shape index (κ2) is 9.85. The van der Waals surface area contributed by atoms with E-state index in [2.05, 4.69) is 60.6 Å². The van der Waals surface area contributed by atoms with Crippen molar-refractivity contribution in [2.45, 2.75) is 50.3 Å². The van der Waals surface area contributed by atoms with Gasteiger partial charge in [-0.3, -0.25) is 9.59 Å². The molecule has 0 saturated heterocycles. The maximum absolute atomic E-state index is 12.1. The van der Waals surface area contributed by atoms with Crippen molar-refractivity contribution in [1.29, 1.82) is 0 Å².